The van der Waals surface area contributed by atoms with Crippen LogP contribution in [0.1, 0.15) is 31.7 Å². The molecule has 0 amide bonds. The largest absolute Gasteiger partial charge is 0.373 e. The molecule has 0 atom stereocenters. The van der Waals surface area contributed by atoms with Gasteiger partial charge in [-0.3, -0.25) is 0 Å². The lowest BCUT2D eigenvalue weighted by Gasteiger charge is -2.13. The van der Waals surface area contributed by atoms with Crippen molar-refractivity contribution in [2.45, 2.75) is 34.1 Å². The van der Waals surface area contributed by atoms with E-state index in [9.17, 15) is 0 Å². The fourth-order valence-electron chi connectivity index (χ4n) is 1.52. The Balaban J connectivity index is 2.75. The first-order valence-electron chi connectivity index (χ1n) is 5.81. The van der Waals surface area contributed by atoms with Crippen molar-refractivity contribution < 1.29 is 0 Å². The number of anilines is 2. The van der Waals surface area contributed by atoms with Crippen molar-refractivity contribution in [3.8, 4) is 0 Å². The second kappa shape index (κ2) is 5.68. The van der Waals surface area contributed by atoms with Crippen LogP contribution in [0.5, 0.6) is 0 Å². The summed E-state index contributed by atoms with van der Waals surface area (Å²) in [7, 11) is 1.88. The molecule has 0 fully saturated rings. The van der Waals surface area contributed by atoms with Gasteiger partial charge in [0.2, 0.25) is 0 Å². The van der Waals surface area contributed by atoms with Gasteiger partial charge in [-0.05, 0) is 26.2 Å². The van der Waals surface area contributed by atoms with Crippen molar-refractivity contribution in [2.75, 3.05) is 24.2 Å². The summed E-state index contributed by atoms with van der Waals surface area (Å²) in [5.74, 6) is 3.35. The highest BCUT2D eigenvalue weighted by Gasteiger charge is 2.07. The molecule has 0 saturated carbocycles. The lowest BCUT2D eigenvalue weighted by molar-refractivity contribution is 0.606. The molecule has 0 saturated heterocycles. The van der Waals surface area contributed by atoms with E-state index < -0.39 is 0 Å². The summed E-state index contributed by atoms with van der Waals surface area (Å²) in [6, 6.07) is 0. The van der Waals surface area contributed by atoms with Crippen molar-refractivity contribution >= 4 is 11.6 Å². The van der Waals surface area contributed by atoms with Crippen molar-refractivity contribution in [2.24, 2.45) is 5.92 Å². The number of rotatable bonds is 5. The fourth-order valence-corrected chi connectivity index (χ4v) is 1.52. The van der Waals surface area contributed by atoms with Crippen molar-refractivity contribution in [3.63, 3.8) is 0 Å². The van der Waals surface area contributed by atoms with Gasteiger partial charge in [-0.25, -0.2) is 9.97 Å². The Bertz CT molecular complexity index is 347. The maximum Gasteiger partial charge on any atom is 0.134 e. The predicted octanol–water partition coefficient (Wildman–Crippen LogP) is 2.59. The van der Waals surface area contributed by atoms with Gasteiger partial charge in [0.05, 0.1) is 0 Å². The molecular formula is C12H22N4. The zero-order valence-electron chi connectivity index (χ0n) is 10.9. The molecule has 0 aliphatic carbocycles. The number of aromatic nitrogens is 2. The Morgan fingerprint density at radius 3 is 2.31 bits per heavy atom. The van der Waals surface area contributed by atoms with E-state index in [-0.39, 0.29) is 0 Å². The normalized spacial score (nSPS) is 10.6. The van der Waals surface area contributed by atoms with Crippen molar-refractivity contribution in [1.29, 1.82) is 0 Å². The smallest absolute Gasteiger partial charge is 0.134 e. The Labute approximate surface area is 97.9 Å². The Morgan fingerprint density at radius 1 is 1.12 bits per heavy atom. The summed E-state index contributed by atoms with van der Waals surface area (Å²) in [5.41, 5.74) is 1.08. The van der Waals surface area contributed by atoms with Crippen LogP contribution in [0.3, 0.4) is 0 Å². The van der Waals surface area contributed by atoms with E-state index in [1.165, 1.54) is 0 Å². The molecule has 0 bridgehead atoms. The average molecular weight is 222 g/mol. The molecule has 1 rings (SSSR count). The minimum absolute atomic E-state index is 0.708. The SMILES string of the molecule is CNc1nc(C)nc(NCCC(C)C)c1C. The standard InChI is InChI=1S/C12H22N4/c1-8(2)6-7-14-12-9(3)11(13-5)15-10(4)16-12/h8H,6-7H2,1-5H3,(H2,13,14,15,16). The van der Waals surface area contributed by atoms with Crippen molar-refractivity contribution in [1.82, 2.24) is 9.97 Å². The highest BCUT2D eigenvalue weighted by atomic mass is 15.1. The lowest BCUT2D eigenvalue weighted by Crippen LogP contribution is -2.10. The van der Waals surface area contributed by atoms with E-state index in [0.29, 0.717) is 5.92 Å². The van der Waals surface area contributed by atoms with Crippen LogP contribution in [0.4, 0.5) is 11.6 Å². The van der Waals surface area contributed by atoms with E-state index in [0.717, 1.165) is 36.0 Å². The van der Waals surface area contributed by atoms with Gasteiger partial charge in [-0.1, -0.05) is 13.8 Å². The van der Waals surface area contributed by atoms with Gasteiger partial charge in [0, 0.05) is 19.2 Å². The average Bonchev–Trinajstić information content (AvgIpc) is 2.22. The highest BCUT2D eigenvalue weighted by molar-refractivity contribution is 5.56. The summed E-state index contributed by atoms with van der Waals surface area (Å²) >= 11 is 0. The van der Waals surface area contributed by atoms with E-state index in [2.05, 4.69) is 34.4 Å². The summed E-state index contributed by atoms with van der Waals surface area (Å²) in [4.78, 5) is 8.75. The number of hydrogen-bond donors (Lipinski definition) is 2. The number of aryl methyl sites for hydroxylation is 1. The molecule has 0 aliphatic rings. The maximum absolute atomic E-state index is 4.42. The molecule has 0 unspecified atom stereocenters. The van der Waals surface area contributed by atoms with Crippen LogP contribution in [0.25, 0.3) is 0 Å². The molecule has 0 aliphatic heterocycles. The fraction of sp³-hybridized carbons (Fsp3) is 0.667. The monoisotopic (exact) mass is 222 g/mol. The molecule has 16 heavy (non-hydrogen) atoms. The third-order valence-electron chi connectivity index (χ3n) is 2.51. The minimum atomic E-state index is 0.708. The molecule has 1 aromatic heterocycles. The maximum atomic E-state index is 4.42. The van der Waals surface area contributed by atoms with E-state index in [1.54, 1.807) is 0 Å². The lowest BCUT2D eigenvalue weighted by atomic mass is 10.1. The molecule has 1 aromatic rings. The van der Waals surface area contributed by atoms with Crippen LogP contribution < -0.4 is 10.6 Å². The van der Waals surface area contributed by atoms with Crippen LogP contribution >= 0.6 is 0 Å². The molecule has 0 aromatic carbocycles. The van der Waals surface area contributed by atoms with Gasteiger partial charge in [-0.2, -0.15) is 0 Å². The third kappa shape index (κ3) is 3.36. The quantitative estimate of drug-likeness (QED) is 0.804. The van der Waals surface area contributed by atoms with Crippen LogP contribution in [0.15, 0.2) is 0 Å². The molecule has 0 radical (unpaired) electrons. The van der Waals surface area contributed by atoms with E-state index in [4.69, 9.17) is 0 Å². The van der Waals surface area contributed by atoms with Crippen LogP contribution in [-0.4, -0.2) is 23.6 Å². The second-order valence-electron chi connectivity index (χ2n) is 4.45. The van der Waals surface area contributed by atoms with Gasteiger partial charge in [0.25, 0.3) is 0 Å². The third-order valence-corrected chi connectivity index (χ3v) is 2.51. The summed E-state index contributed by atoms with van der Waals surface area (Å²) < 4.78 is 0. The first-order chi connectivity index (χ1) is 7.54. The number of nitrogens with one attached hydrogen (secondary N) is 2. The zero-order chi connectivity index (χ0) is 12.1. The molecule has 90 valence electrons. The van der Waals surface area contributed by atoms with Gasteiger partial charge in [0.1, 0.15) is 17.5 Å². The summed E-state index contributed by atoms with van der Waals surface area (Å²) in [6.07, 6.45) is 1.15. The minimum Gasteiger partial charge on any atom is -0.373 e. The second-order valence-corrected chi connectivity index (χ2v) is 4.45. The molecule has 4 heteroatoms. The van der Waals surface area contributed by atoms with Gasteiger partial charge in [0.15, 0.2) is 0 Å². The van der Waals surface area contributed by atoms with Crippen molar-refractivity contribution in [3.05, 3.63) is 11.4 Å². The van der Waals surface area contributed by atoms with Gasteiger partial charge < -0.3 is 10.6 Å². The first-order valence-corrected chi connectivity index (χ1v) is 5.81. The first kappa shape index (κ1) is 12.7. The Hall–Kier alpha value is -1.32. The number of nitrogens with zero attached hydrogens (tertiary/aromatic N) is 2. The topological polar surface area (TPSA) is 49.8 Å². The zero-order valence-corrected chi connectivity index (χ0v) is 10.9. The summed E-state index contributed by atoms with van der Waals surface area (Å²) in [5, 5.41) is 6.45. The number of hydrogen-bond acceptors (Lipinski definition) is 4. The van der Waals surface area contributed by atoms with E-state index >= 15 is 0 Å². The highest BCUT2D eigenvalue weighted by Crippen LogP contribution is 2.19. The Morgan fingerprint density at radius 2 is 1.75 bits per heavy atom. The van der Waals surface area contributed by atoms with Gasteiger partial charge >= 0.3 is 0 Å². The predicted molar refractivity (Wildman–Crippen MR) is 69.0 cm³/mol. The van der Waals surface area contributed by atoms with Crippen LogP contribution in [-0.2, 0) is 0 Å². The van der Waals surface area contributed by atoms with Crippen LogP contribution in [0.2, 0.25) is 0 Å². The molecule has 4 nitrogen and oxygen atoms in total. The summed E-state index contributed by atoms with van der Waals surface area (Å²) in [6.45, 7) is 9.34. The van der Waals surface area contributed by atoms with Gasteiger partial charge in [-0.15, -0.1) is 0 Å². The Kier molecular flexibility index (Phi) is 4.52. The molecular weight excluding hydrogens is 200 g/mol. The van der Waals surface area contributed by atoms with Crippen LogP contribution in [0, 0.1) is 19.8 Å². The molecule has 1 heterocycles. The molecule has 2 N–H and O–H groups in total. The van der Waals surface area contributed by atoms with E-state index in [1.807, 2.05) is 20.9 Å². The molecule has 0 spiro atoms.